The van der Waals surface area contributed by atoms with E-state index < -0.39 is 0 Å². The van der Waals surface area contributed by atoms with Gasteiger partial charge in [-0.2, -0.15) is 0 Å². The number of amides is 2. The summed E-state index contributed by atoms with van der Waals surface area (Å²) in [5.74, 6) is 1.91. The van der Waals surface area contributed by atoms with E-state index in [4.69, 9.17) is 9.47 Å². The van der Waals surface area contributed by atoms with Crippen molar-refractivity contribution in [1.82, 2.24) is 10.2 Å². The minimum atomic E-state index is 0.0692. The molecule has 1 aliphatic carbocycles. The van der Waals surface area contributed by atoms with Gasteiger partial charge in [0.05, 0.1) is 13.1 Å². The van der Waals surface area contributed by atoms with Crippen molar-refractivity contribution in [3.05, 3.63) is 40.6 Å². The number of piperidine rings is 1. The first-order chi connectivity index (χ1) is 17.2. The summed E-state index contributed by atoms with van der Waals surface area (Å²) in [5.41, 5.74) is 0.822. The zero-order chi connectivity index (χ0) is 24.0. The van der Waals surface area contributed by atoms with E-state index in [-0.39, 0.29) is 23.8 Å². The van der Waals surface area contributed by atoms with Gasteiger partial charge in [-0.3, -0.25) is 14.5 Å². The molecule has 35 heavy (non-hydrogen) atoms. The highest BCUT2D eigenvalue weighted by atomic mass is 32.1. The zero-order valence-electron chi connectivity index (χ0n) is 20.2. The molecule has 2 aliphatic heterocycles. The van der Waals surface area contributed by atoms with E-state index in [2.05, 4.69) is 16.3 Å². The van der Waals surface area contributed by atoms with Crippen molar-refractivity contribution < 1.29 is 19.1 Å². The van der Waals surface area contributed by atoms with Crippen molar-refractivity contribution in [2.75, 3.05) is 37.7 Å². The Labute approximate surface area is 211 Å². The van der Waals surface area contributed by atoms with Crippen LogP contribution in [0.25, 0.3) is 0 Å². The topological polar surface area (TPSA) is 71.1 Å². The second-order valence-corrected chi connectivity index (χ2v) is 10.8. The Balaban J connectivity index is 1.19. The van der Waals surface area contributed by atoms with Crippen LogP contribution in [0.3, 0.4) is 0 Å². The van der Waals surface area contributed by atoms with Crippen LogP contribution < -0.4 is 19.7 Å². The van der Waals surface area contributed by atoms with E-state index in [0.717, 1.165) is 55.1 Å². The van der Waals surface area contributed by atoms with Gasteiger partial charge < -0.3 is 19.7 Å². The summed E-state index contributed by atoms with van der Waals surface area (Å²) in [5, 5.41) is 5.32. The van der Waals surface area contributed by atoms with Gasteiger partial charge in [0.15, 0.2) is 11.5 Å². The Morgan fingerprint density at radius 1 is 1.00 bits per heavy atom. The molecule has 0 radical (unpaired) electrons. The highest BCUT2D eigenvalue weighted by Gasteiger charge is 2.28. The van der Waals surface area contributed by atoms with E-state index in [1.165, 1.54) is 19.3 Å². The van der Waals surface area contributed by atoms with Crippen LogP contribution in [-0.2, 0) is 16.1 Å². The molecule has 2 amide bonds. The molecule has 1 aromatic heterocycles. The molecule has 1 saturated heterocycles. The summed E-state index contributed by atoms with van der Waals surface area (Å²) in [6.45, 7) is 3.58. The Hall–Kier alpha value is -2.58. The maximum absolute atomic E-state index is 13.5. The molecule has 2 aromatic rings. The average Bonchev–Trinajstić information content (AvgIpc) is 3.42. The first-order valence-electron chi connectivity index (χ1n) is 12.9. The van der Waals surface area contributed by atoms with Crippen LogP contribution >= 0.6 is 11.3 Å². The number of ether oxygens (including phenoxy) is 2. The highest BCUT2D eigenvalue weighted by molar-refractivity contribution is 7.09. The number of carbonyl (C=O) groups excluding carboxylic acids is 2. The zero-order valence-corrected chi connectivity index (χ0v) is 21.1. The molecule has 3 aliphatic rings. The Morgan fingerprint density at radius 3 is 2.51 bits per heavy atom. The quantitative estimate of drug-likeness (QED) is 0.621. The van der Waals surface area contributed by atoms with Crippen LogP contribution in [-0.4, -0.2) is 55.6 Å². The molecule has 0 atom stereocenters. The average molecular weight is 498 g/mol. The van der Waals surface area contributed by atoms with E-state index in [9.17, 15) is 9.59 Å². The predicted molar refractivity (Wildman–Crippen MR) is 137 cm³/mol. The Morgan fingerprint density at radius 2 is 1.77 bits per heavy atom. The largest absolute Gasteiger partial charge is 0.486 e. The maximum Gasteiger partial charge on any atom is 0.241 e. The summed E-state index contributed by atoms with van der Waals surface area (Å²) in [7, 11) is 0. The molecular formula is C27H35N3O4S. The Bertz CT molecular complexity index is 998. The molecule has 0 spiro atoms. The van der Waals surface area contributed by atoms with Crippen LogP contribution in [0.2, 0.25) is 0 Å². The number of hydrogen-bond acceptors (Lipinski definition) is 6. The molecule has 1 N–H and O–H groups in total. The van der Waals surface area contributed by atoms with Crippen molar-refractivity contribution in [3.8, 4) is 11.5 Å². The van der Waals surface area contributed by atoms with Gasteiger partial charge in [0.1, 0.15) is 13.2 Å². The monoisotopic (exact) mass is 497 g/mol. The highest BCUT2D eigenvalue weighted by Crippen LogP contribution is 2.35. The minimum Gasteiger partial charge on any atom is -0.486 e. The second-order valence-electron chi connectivity index (χ2n) is 9.78. The van der Waals surface area contributed by atoms with Gasteiger partial charge in [-0.25, -0.2) is 0 Å². The van der Waals surface area contributed by atoms with Crippen molar-refractivity contribution in [2.45, 2.75) is 57.5 Å². The number of anilines is 1. The first kappa shape index (κ1) is 24.1. The molecule has 8 heteroatoms. The van der Waals surface area contributed by atoms with Crippen LogP contribution in [0.4, 0.5) is 5.69 Å². The molecule has 0 bridgehead atoms. The summed E-state index contributed by atoms with van der Waals surface area (Å²) in [4.78, 5) is 31.3. The van der Waals surface area contributed by atoms with Crippen LogP contribution in [0.5, 0.6) is 11.5 Å². The fourth-order valence-electron chi connectivity index (χ4n) is 5.28. The number of carbonyl (C=O) groups is 2. The molecule has 188 valence electrons. The number of thiophene rings is 1. The smallest absolute Gasteiger partial charge is 0.241 e. The lowest BCUT2D eigenvalue weighted by molar-refractivity contribution is -0.127. The second kappa shape index (κ2) is 11.4. The van der Waals surface area contributed by atoms with Gasteiger partial charge in [-0.05, 0) is 49.3 Å². The normalized spacial score (nSPS) is 19.3. The van der Waals surface area contributed by atoms with Gasteiger partial charge in [0.2, 0.25) is 11.8 Å². The molecule has 3 heterocycles. The number of nitrogens with zero attached hydrogens (tertiary/aromatic N) is 2. The molecule has 0 unspecified atom stereocenters. The van der Waals surface area contributed by atoms with Crippen molar-refractivity contribution in [3.63, 3.8) is 0 Å². The van der Waals surface area contributed by atoms with E-state index in [0.29, 0.717) is 32.1 Å². The lowest BCUT2D eigenvalue weighted by Gasteiger charge is -2.34. The standard InChI is InChI=1S/C27H35N3O4S/c31-26(19-29-12-10-21(11-13-29)28-27(32)20-5-2-1-3-6-20)30(18-23-7-4-16-35-23)22-8-9-24-25(17-22)34-15-14-33-24/h4,7-9,16-17,20-21H,1-3,5-6,10-15,18-19H2,(H,28,32). The fraction of sp³-hybridized carbons (Fsp3) is 0.556. The molecular weight excluding hydrogens is 462 g/mol. The molecule has 1 saturated carbocycles. The number of likely N-dealkylation sites (tertiary alicyclic amines) is 1. The third-order valence-corrected chi connectivity index (χ3v) is 8.16. The van der Waals surface area contributed by atoms with Gasteiger partial charge in [-0.1, -0.05) is 25.3 Å². The molecule has 1 aromatic carbocycles. The van der Waals surface area contributed by atoms with E-state index in [1.54, 1.807) is 11.3 Å². The summed E-state index contributed by atoms with van der Waals surface area (Å²) < 4.78 is 11.4. The third kappa shape index (κ3) is 6.16. The van der Waals surface area contributed by atoms with Gasteiger partial charge in [0.25, 0.3) is 0 Å². The minimum absolute atomic E-state index is 0.0692. The molecule has 7 nitrogen and oxygen atoms in total. The van der Waals surface area contributed by atoms with Crippen molar-refractivity contribution in [1.29, 1.82) is 0 Å². The number of benzene rings is 1. The van der Waals surface area contributed by atoms with Crippen LogP contribution in [0, 0.1) is 5.92 Å². The number of rotatable bonds is 7. The fourth-order valence-corrected chi connectivity index (χ4v) is 5.97. The lowest BCUT2D eigenvalue weighted by Crippen LogP contribution is -2.49. The van der Waals surface area contributed by atoms with Crippen LogP contribution in [0.15, 0.2) is 35.7 Å². The number of hydrogen-bond donors (Lipinski definition) is 1. The third-order valence-electron chi connectivity index (χ3n) is 7.30. The Kier molecular flexibility index (Phi) is 7.88. The van der Waals surface area contributed by atoms with Gasteiger partial charge >= 0.3 is 0 Å². The predicted octanol–water partition coefficient (Wildman–Crippen LogP) is 4.21. The van der Waals surface area contributed by atoms with Crippen LogP contribution in [0.1, 0.15) is 49.8 Å². The van der Waals surface area contributed by atoms with E-state index >= 15 is 0 Å². The number of fused-ring (bicyclic) bond motifs is 1. The maximum atomic E-state index is 13.5. The molecule has 5 rings (SSSR count). The number of nitrogens with one attached hydrogen (secondary N) is 1. The SMILES string of the molecule is O=C(NC1CCN(CC(=O)N(Cc2cccs2)c2ccc3c(c2)OCCO3)CC1)C1CCCCC1. The van der Waals surface area contributed by atoms with Crippen molar-refractivity contribution >= 4 is 28.8 Å². The summed E-state index contributed by atoms with van der Waals surface area (Å²) >= 11 is 1.65. The lowest BCUT2D eigenvalue weighted by atomic mass is 9.88. The van der Waals surface area contributed by atoms with Gasteiger partial charge in [0, 0.05) is 41.7 Å². The molecule has 2 fully saturated rings. The van der Waals surface area contributed by atoms with E-state index in [1.807, 2.05) is 34.5 Å². The van der Waals surface area contributed by atoms with Crippen molar-refractivity contribution in [2.24, 2.45) is 5.92 Å². The van der Waals surface area contributed by atoms with Gasteiger partial charge in [-0.15, -0.1) is 11.3 Å². The first-order valence-corrected chi connectivity index (χ1v) is 13.8. The summed E-state index contributed by atoms with van der Waals surface area (Å²) in [6, 6.07) is 10.0. The summed E-state index contributed by atoms with van der Waals surface area (Å²) in [6.07, 6.45) is 7.43.